The van der Waals surface area contributed by atoms with Crippen molar-refractivity contribution in [3.05, 3.63) is 34.9 Å². The van der Waals surface area contributed by atoms with Crippen LogP contribution in [0.4, 0.5) is 0 Å². The molecule has 0 aliphatic carbocycles. The fourth-order valence-corrected chi connectivity index (χ4v) is 2.44. The van der Waals surface area contributed by atoms with Crippen molar-refractivity contribution in [2.75, 3.05) is 13.7 Å². The van der Waals surface area contributed by atoms with E-state index >= 15 is 0 Å². The highest BCUT2D eigenvalue weighted by molar-refractivity contribution is 5.71. The van der Waals surface area contributed by atoms with Crippen LogP contribution in [0.15, 0.2) is 18.2 Å². The first-order valence-electron chi connectivity index (χ1n) is 6.32. The lowest BCUT2D eigenvalue weighted by atomic mass is 9.85. The molecule has 3 heteroatoms. The number of benzene rings is 1. The molecule has 0 bridgehead atoms. The van der Waals surface area contributed by atoms with E-state index in [1.165, 1.54) is 18.2 Å². The summed E-state index contributed by atoms with van der Waals surface area (Å²) in [6.45, 7) is 9.04. The zero-order valence-electron chi connectivity index (χ0n) is 12.0. The molecular weight excluding hydrogens is 226 g/mol. The van der Waals surface area contributed by atoms with E-state index in [0.717, 1.165) is 12.1 Å². The highest BCUT2D eigenvalue weighted by Gasteiger charge is 2.30. The molecular formula is C15H23NO2. The van der Waals surface area contributed by atoms with E-state index in [1.807, 2.05) is 13.8 Å². The van der Waals surface area contributed by atoms with Gasteiger partial charge in [-0.1, -0.05) is 30.7 Å². The molecule has 0 aromatic heterocycles. The van der Waals surface area contributed by atoms with Gasteiger partial charge >= 0.3 is 5.97 Å². The summed E-state index contributed by atoms with van der Waals surface area (Å²) in [7, 11) is 1.43. The fourth-order valence-electron chi connectivity index (χ4n) is 2.44. The van der Waals surface area contributed by atoms with Crippen LogP contribution in [0.3, 0.4) is 0 Å². The number of carbonyl (C=O) groups excluding carboxylic acids is 1. The number of nitrogens with one attached hydrogen (secondary N) is 1. The standard InChI is InChI=1S/C15H23NO2/c1-6-16-15(4,10-14(17)18-5)13-8-7-11(2)9-12(13)3/h7-9,16H,6,10H2,1-5H3. The van der Waals surface area contributed by atoms with Gasteiger partial charge in [-0.2, -0.15) is 0 Å². The van der Waals surface area contributed by atoms with E-state index in [2.05, 4.69) is 37.4 Å². The molecule has 1 N–H and O–H groups in total. The summed E-state index contributed by atoms with van der Waals surface area (Å²) < 4.78 is 4.80. The van der Waals surface area contributed by atoms with Crippen LogP contribution in [-0.2, 0) is 15.1 Å². The number of esters is 1. The summed E-state index contributed by atoms with van der Waals surface area (Å²) in [5.41, 5.74) is 3.20. The van der Waals surface area contributed by atoms with Crippen molar-refractivity contribution in [1.29, 1.82) is 0 Å². The highest BCUT2D eigenvalue weighted by atomic mass is 16.5. The molecule has 0 aliphatic rings. The van der Waals surface area contributed by atoms with E-state index in [4.69, 9.17) is 4.74 Å². The maximum Gasteiger partial charge on any atom is 0.307 e. The molecule has 0 amide bonds. The first-order valence-corrected chi connectivity index (χ1v) is 6.32. The Balaban J connectivity index is 3.13. The van der Waals surface area contributed by atoms with Gasteiger partial charge in [-0.05, 0) is 38.4 Å². The number of carbonyl (C=O) groups is 1. The van der Waals surface area contributed by atoms with Gasteiger partial charge in [0.15, 0.2) is 0 Å². The summed E-state index contributed by atoms with van der Waals surface area (Å²) in [6.07, 6.45) is 0.335. The van der Waals surface area contributed by atoms with Crippen molar-refractivity contribution in [3.8, 4) is 0 Å². The average molecular weight is 249 g/mol. The van der Waals surface area contributed by atoms with Crippen LogP contribution in [0.25, 0.3) is 0 Å². The molecule has 1 atom stereocenters. The lowest BCUT2D eigenvalue weighted by molar-refractivity contribution is -0.142. The smallest absolute Gasteiger partial charge is 0.307 e. The third-order valence-corrected chi connectivity index (χ3v) is 3.27. The number of hydrogen-bond donors (Lipinski definition) is 1. The second-order valence-corrected chi connectivity index (χ2v) is 4.93. The Morgan fingerprint density at radius 1 is 1.39 bits per heavy atom. The number of rotatable bonds is 5. The van der Waals surface area contributed by atoms with Gasteiger partial charge in [0.25, 0.3) is 0 Å². The quantitative estimate of drug-likeness (QED) is 0.815. The summed E-state index contributed by atoms with van der Waals surface area (Å²) in [5.74, 6) is -0.196. The minimum Gasteiger partial charge on any atom is -0.469 e. The van der Waals surface area contributed by atoms with Crippen LogP contribution in [0.2, 0.25) is 0 Å². The topological polar surface area (TPSA) is 38.3 Å². The largest absolute Gasteiger partial charge is 0.469 e. The Bertz CT molecular complexity index is 429. The van der Waals surface area contributed by atoms with Crippen LogP contribution >= 0.6 is 0 Å². The first-order chi connectivity index (χ1) is 8.42. The second-order valence-electron chi connectivity index (χ2n) is 4.93. The van der Waals surface area contributed by atoms with Crippen molar-refractivity contribution >= 4 is 5.97 Å². The van der Waals surface area contributed by atoms with Gasteiger partial charge in [0.2, 0.25) is 0 Å². The van der Waals surface area contributed by atoms with Crippen molar-refractivity contribution in [2.45, 2.75) is 39.7 Å². The molecule has 0 saturated heterocycles. The number of ether oxygens (including phenoxy) is 1. The Morgan fingerprint density at radius 2 is 2.06 bits per heavy atom. The third kappa shape index (κ3) is 3.33. The molecule has 0 fully saturated rings. The van der Waals surface area contributed by atoms with Gasteiger partial charge < -0.3 is 10.1 Å². The van der Waals surface area contributed by atoms with Gasteiger partial charge in [0, 0.05) is 0 Å². The molecule has 1 unspecified atom stereocenters. The average Bonchev–Trinajstić information content (AvgIpc) is 2.28. The molecule has 1 aromatic rings. The lowest BCUT2D eigenvalue weighted by Gasteiger charge is -2.31. The zero-order valence-corrected chi connectivity index (χ0v) is 12.0. The van der Waals surface area contributed by atoms with Gasteiger partial charge in [0.05, 0.1) is 19.1 Å². The van der Waals surface area contributed by atoms with Gasteiger partial charge in [0.1, 0.15) is 0 Å². The predicted molar refractivity (Wildman–Crippen MR) is 73.6 cm³/mol. The first kappa shape index (κ1) is 14.7. The number of aryl methyl sites for hydroxylation is 2. The SMILES string of the molecule is CCNC(C)(CC(=O)OC)c1ccc(C)cc1C. The molecule has 0 saturated carbocycles. The molecule has 18 heavy (non-hydrogen) atoms. The molecule has 0 radical (unpaired) electrons. The van der Waals surface area contributed by atoms with Crippen molar-refractivity contribution in [2.24, 2.45) is 0 Å². The van der Waals surface area contributed by atoms with Gasteiger partial charge in [-0.3, -0.25) is 4.79 Å². The van der Waals surface area contributed by atoms with E-state index in [0.29, 0.717) is 6.42 Å². The molecule has 0 heterocycles. The van der Waals surface area contributed by atoms with Crippen molar-refractivity contribution in [1.82, 2.24) is 5.32 Å². The normalized spacial score (nSPS) is 14.1. The predicted octanol–water partition coefficient (Wildman–Crippen LogP) is 2.69. The second kappa shape index (κ2) is 6.01. The van der Waals surface area contributed by atoms with Crippen LogP contribution in [0.5, 0.6) is 0 Å². The van der Waals surface area contributed by atoms with Crippen molar-refractivity contribution < 1.29 is 9.53 Å². The Hall–Kier alpha value is -1.35. The fraction of sp³-hybridized carbons (Fsp3) is 0.533. The van der Waals surface area contributed by atoms with Crippen LogP contribution < -0.4 is 5.32 Å². The zero-order chi connectivity index (χ0) is 13.8. The van der Waals surface area contributed by atoms with E-state index in [1.54, 1.807) is 0 Å². The molecule has 0 spiro atoms. The van der Waals surface area contributed by atoms with Crippen LogP contribution in [0, 0.1) is 13.8 Å². The van der Waals surface area contributed by atoms with E-state index in [9.17, 15) is 4.79 Å². The highest BCUT2D eigenvalue weighted by Crippen LogP contribution is 2.28. The number of hydrogen-bond acceptors (Lipinski definition) is 3. The summed E-state index contributed by atoms with van der Waals surface area (Å²) in [6, 6.07) is 6.31. The van der Waals surface area contributed by atoms with Crippen molar-refractivity contribution in [3.63, 3.8) is 0 Å². The number of methoxy groups -OCH3 is 1. The maximum atomic E-state index is 11.6. The summed E-state index contributed by atoms with van der Waals surface area (Å²) in [4.78, 5) is 11.6. The summed E-state index contributed by atoms with van der Waals surface area (Å²) >= 11 is 0. The van der Waals surface area contributed by atoms with Gasteiger partial charge in [-0.25, -0.2) is 0 Å². The molecule has 1 aromatic carbocycles. The summed E-state index contributed by atoms with van der Waals surface area (Å²) in [5, 5.41) is 3.40. The molecule has 0 aliphatic heterocycles. The Labute approximate surface area is 110 Å². The minimum atomic E-state index is -0.375. The molecule has 1 rings (SSSR count). The Kier molecular flexibility index (Phi) is 4.91. The third-order valence-electron chi connectivity index (χ3n) is 3.27. The molecule has 3 nitrogen and oxygen atoms in total. The lowest BCUT2D eigenvalue weighted by Crippen LogP contribution is -2.42. The molecule has 100 valence electrons. The van der Waals surface area contributed by atoms with E-state index in [-0.39, 0.29) is 11.5 Å². The van der Waals surface area contributed by atoms with Crippen LogP contribution in [-0.4, -0.2) is 19.6 Å². The maximum absolute atomic E-state index is 11.6. The van der Waals surface area contributed by atoms with Crippen LogP contribution in [0.1, 0.15) is 37.0 Å². The van der Waals surface area contributed by atoms with E-state index < -0.39 is 0 Å². The monoisotopic (exact) mass is 249 g/mol. The van der Waals surface area contributed by atoms with Gasteiger partial charge in [-0.15, -0.1) is 0 Å². The minimum absolute atomic E-state index is 0.196. The Morgan fingerprint density at radius 3 is 2.56 bits per heavy atom.